The molecule has 0 amide bonds. The first kappa shape index (κ1) is 56.6. The number of ether oxygens (including phenoxy) is 8. The van der Waals surface area contributed by atoms with Crippen LogP contribution < -0.4 is 0 Å². The summed E-state index contributed by atoms with van der Waals surface area (Å²) in [6.07, 6.45) is 8.57. The number of nitrogens with zero attached hydrogens (tertiary/aromatic N) is 3. The maximum Gasteiger partial charge on any atom is 0.204 e. The van der Waals surface area contributed by atoms with Crippen LogP contribution in [-0.2, 0) is 52.4 Å². The second kappa shape index (κ2) is 22.5. The van der Waals surface area contributed by atoms with E-state index in [-0.39, 0.29) is 34.8 Å². The summed E-state index contributed by atoms with van der Waals surface area (Å²) in [4.78, 5) is 20.7. The van der Waals surface area contributed by atoms with E-state index in [4.69, 9.17) is 52.8 Å². The van der Waals surface area contributed by atoms with Crippen molar-refractivity contribution in [3.8, 4) is 0 Å². The highest BCUT2D eigenvalue weighted by Crippen LogP contribution is 2.38. The molecule has 0 aromatic heterocycles. The molecule has 6 rings (SSSR count). The number of methoxy groups -OCH3 is 2. The lowest BCUT2D eigenvalue weighted by Crippen LogP contribution is -2.45. The standard InChI is InChI=1S/C10H18O3.C8H13NO2.2C8H14O2.C7H10O2.C6H10N2O2/c1-8-7-13-10(2,3)9(8)12-6-5-11-4;1-6-5-11-8(2,3)7(6)9-10-4;1-6-5-10-8(2,3)7(6)9-4;1-6-5-10-7(2,3)8(6,4)9;1-5-4-9-7(2,3)6(5)8;1-4-5(7-9)6(2,3)10-8-4/h7,9H,5-6H2,1-4H3;5H,1-4H3;5,7H,1-4H3;5,9H,1-4H3;4H,1-3H3;9H,1-3H3/b;9-7-;;;;7-5-. The maximum absolute atomic E-state index is 11.0. The van der Waals surface area contributed by atoms with Crippen LogP contribution >= 0.6 is 0 Å². The van der Waals surface area contributed by atoms with Crippen LogP contribution in [0.4, 0.5) is 0 Å². The van der Waals surface area contributed by atoms with E-state index >= 15 is 0 Å². The van der Waals surface area contributed by atoms with Gasteiger partial charge in [0.15, 0.2) is 11.2 Å². The Hall–Kier alpha value is -4.38. The van der Waals surface area contributed by atoms with Gasteiger partial charge in [-0.15, -0.1) is 0 Å². The average Bonchev–Trinajstić information content (AvgIpc) is 3.92. The van der Waals surface area contributed by atoms with Gasteiger partial charge in [0.1, 0.15) is 64.5 Å². The molecule has 0 saturated carbocycles. The van der Waals surface area contributed by atoms with E-state index in [2.05, 4.69) is 15.5 Å². The highest BCUT2D eigenvalue weighted by atomic mass is 16.7. The topological polar surface area (TPSA) is 187 Å². The van der Waals surface area contributed by atoms with E-state index < -0.39 is 22.4 Å². The first-order chi connectivity index (χ1) is 28.7. The number of carbonyl (C=O) groups is 1. The molecule has 0 fully saturated rings. The van der Waals surface area contributed by atoms with E-state index in [9.17, 15) is 9.90 Å². The normalized spacial score (nSPS) is 27.7. The van der Waals surface area contributed by atoms with Crippen molar-refractivity contribution < 1.29 is 62.7 Å². The molecule has 0 radical (unpaired) electrons. The van der Waals surface area contributed by atoms with Crippen molar-refractivity contribution in [1.82, 2.24) is 0 Å². The fourth-order valence-electron chi connectivity index (χ4n) is 6.63. The molecule has 6 aliphatic heterocycles. The van der Waals surface area contributed by atoms with Crippen LogP contribution in [-0.4, -0.2) is 119 Å². The zero-order valence-corrected chi connectivity index (χ0v) is 42.2. The number of aliphatic hydroxyl groups is 1. The first-order valence-corrected chi connectivity index (χ1v) is 20.9. The van der Waals surface area contributed by atoms with Gasteiger partial charge in [-0.25, -0.2) is 0 Å². The second-order valence-corrected chi connectivity index (χ2v) is 19.1. The Kier molecular flexibility index (Phi) is 20.2. The zero-order valence-electron chi connectivity index (χ0n) is 42.2. The van der Waals surface area contributed by atoms with Crippen molar-refractivity contribution in [2.45, 2.75) is 183 Å². The molecule has 6 heterocycles. The Morgan fingerprint density at radius 3 is 1.38 bits per heavy atom. The van der Waals surface area contributed by atoms with Crippen LogP contribution in [0, 0.1) is 0 Å². The van der Waals surface area contributed by atoms with Crippen LogP contribution in [0.2, 0.25) is 0 Å². The Labute approximate surface area is 377 Å². The number of hydrogen-bond donors (Lipinski definition) is 2. The van der Waals surface area contributed by atoms with Gasteiger partial charge in [-0.3, -0.25) is 4.79 Å². The molecule has 360 valence electrons. The summed E-state index contributed by atoms with van der Waals surface area (Å²) in [5.41, 5.74) is 3.69. The van der Waals surface area contributed by atoms with Gasteiger partial charge < -0.3 is 57.9 Å². The van der Waals surface area contributed by atoms with E-state index in [1.807, 2.05) is 83.1 Å². The highest BCUT2D eigenvalue weighted by Gasteiger charge is 2.46. The minimum Gasteiger partial charge on any atom is -0.492 e. The monoisotopic (exact) mass is 894 g/mol. The molecule has 2 N–H and O–H groups in total. The minimum atomic E-state index is -0.812. The Morgan fingerprint density at radius 1 is 0.635 bits per heavy atom. The largest absolute Gasteiger partial charge is 0.492 e. The third kappa shape index (κ3) is 15.1. The molecular weight excluding hydrogens is 815 g/mol. The van der Waals surface area contributed by atoms with E-state index in [0.29, 0.717) is 30.2 Å². The van der Waals surface area contributed by atoms with Crippen LogP contribution in [0.25, 0.3) is 0 Å². The lowest BCUT2D eigenvalue weighted by molar-refractivity contribution is -0.127. The van der Waals surface area contributed by atoms with Gasteiger partial charge in [0, 0.05) is 25.4 Å². The third-order valence-electron chi connectivity index (χ3n) is 11.0. The zero-order chi connectivity index (χ0) is 49.0. The fourth-order valence-corrected chi connectivity index (χ4v) is 6.63. The number of ketones is 1. The number of Topliss-reactive ketones (excluding diaryl/α,β-unsaturated/α-hetero) is 1. The summed E-state index contributed by atoms with van der Waals surface area (Å²) >= 11 is 0. The van der Waals surface area contributed by atoms with Crippen molar-refractivity contribution in [3.63, 3.8) is 0 Å². The molecular formula is C47H79N3O13. The van der Waals surface area contributed by atoms with Gasteiger partial charge in [0.05, 0.1) is 44.5 Å². The Balaban J connectivity index is 0.000000379. The second-order valence-electron chi connectivity index (χ2n) is 19.1. The first-order valence-electron chi connectivity index (χ1n) is 20.9. The highest BCUT2D eigenvalue weighted by molar-refractivity contribution is 6.45. The SMILES string of the molecule is CC1=COC(C)(C)C1(C)O.CC1=COC(C)(C)C1=O.CC1=NOC(C)(C)/C1=N\O.CO/N=C1/C(C)=COC1(C)C.COC1C(C)=COC1(C)C.COCCOC1C(C)=COC1(C)C. The Bertz CT molecular complexity index is 1810. The summed E-state index contributed by atoms with van der Waals surface area (Å²) in [5.74, 6) is 0.0856. The van der Waals surface area contributed by atoms with Crippen LogP contribution in [0.5, 0.6) is 0 Å². The summed E-state index contributed by atoms with van der Waals surface area (Å²) in [6, 6.07) is 0. The van der Waals surface area contributed by atoms with Gasteiger partial charge >= 0.3 is 0 Å². The van der Waals surface area contributed by atoms with Gasteiger partial charge in [0.2, 0.25) is 5.78 Å². The van der Waals surface area contributed by atoms with Crippen LogP contribution in [0.3, 0.4) is 0 Å². The quantitative estimate of drug-likeness (QED) is 0.146. The van der Waals surface area contributed by atoms with E-state index in [0.717, 1.165) is 28.0 Å². The van der Waals surface area contributed by atoms with Gasteiger partial charge in [-0.05, 0) is 148 Å². The number of carbonyl (C=O) groups excluding carboxylic acids is 1. The molecule has 0 spiro atoms. The minimum absolute atomic E-state index is 0.0580. The van der Waals surface area contributed by atoms with Crippen LogP contribution in [0.1, 0.15) is 132 Å². The van der Waals surface area contributed by atoms with Crippen LogP contribution in [0.15, 0.2) is 74.6 Å². The predicted molar refractivity (Wildman–Crippen MR) is 245 cm³/mol. The molecule has 3 unspecified atom stereocenters. The molecule has 0 aromatic carbocycles. The van der Waals surface area contributed by atoms with Crippen molar-refractivity contribution in [1.29, 1.82) is 0 Å². The summed E-state index contributed by atoms with van der Waals surface area (Å²) in [5, 5.41) is 28.9. The molecule has 16 heteroatoms. The van der Waals surface area contributed by atoms with Crippen molar-refractivity contribution in [3.05, 3.63) is 59.2 Å². The molecule has 0 aliphatic carbocycles. The summed E-state index contributed by atoms with van der Waals surface area (Å²) in [6.45, 7) is 37.2. The molecule has 16 nitrogen and oxygen atoms in total. The lowest BCUT2D eigenvalue weighted by atomic mass is 9.84. The molecule has 3 atom stereocenters. The summed E-state index contributed by atoms with van der Waals surface area (Å²) in [7, 11) is 4.91. The van der Waals surface area contributed by atoms with Gasteiger partial charge in [0.25, 0.3) is 0 Å². The average molecular weight is 894 g/mol. The van der Waals surface area contributed by atoms with Crippen molar-refractivity contribution in [2.75, 3.05) is 34.5 Å². The number of hydrogen-bond acceptors (Lipinski definition) is 16. The van der Waals surface area contributed by atoms with E-state index in [1.165, 1.54) is 13.4 Å². The van der Waals surface area contributed by atoms with Gasteiger partial charge in [-0.2, -0.15) is 0 Å². The van der Waals surface area contributed by atoms with E-state index in [1.54, 1.807) is 87.7 Å². The Morgan fingerprint density at radius 2 is 1.14 bits per heavy atom. The molecule has 6 aliphatic rings. The molecule has 0 aromatic rings. The van der Waals surface area contributed by atoms with Gasteiger partial charge in [-0.1, -0.05) is 15.5 Å². The van der Waals surface area contributed by atoms with Crippen molar-refractivity contribution in [2.24, 2.45) is 15.5 Å². The predicted octanol–water partition coefficient (Wildman–Crippen LogP) is 8.87. The number of oxime groups is 3. The lowest BCUT2D eigenvalue weighted by Gasteiger charge is -2.32. The number of rotatable bonds is 6. The van der Waals surface area contributed by atoms with Crippen molar-refractivity contribution >= 4 is 22.9 Å². The maximum atomic E-state index is 11.0. The molecule has 0 bridgehead atoms. The molecule has 63 heavy (non-hydrogen) atoms. The smallest absolute Gasteiger partial charge is 0.204 e. The third-order valence-corrected chi connectivity index (χ3v) is 11.0. The summed E-state index contributed by atoms with van der Waals surface area (Å²) < 4.78 is 42.3. The molecule has 0 saturated heterocycles. The fraction of sp³-hybridized carbons (Fsp3) is 0.702.